The van der Waals surface area contributed by atoms with Crippen LogP contribution in [0, 0.1) is 0 Å². The van der Waals surface area contributed by atoms with Crippen molar-refractivity contribution in [2.45, 2.75) is 38.9 Å². The minimum absolute atomic E-state index is 0.393. The lowest BCUT2D eigenvalue weighted by Crippen LogP contribution is -2.41. The molecule has 0 spiro atoms. The molecule has 1 fully saturated rings. The predicted molar refractivity (Wildman–Crippen MR) is 81.8 cm³/mol. The van der Waals surface area contributed by atoms with Gasteiger partial charge in [-0.1, -0.05) is 0 Å². The molecule has 3 rings (SSSR count). The molecule has 0 aliphatic carbocycles. The van der Waals surface area contributed by atoms with Crippen molar-refractivity contribution in [3.05, 3.63) is 24.0 Å². The summed E-state index contributed by atoms with van der Waals surface area (Å²) in [4.78, 5) is 15.5. The third-order valence-corrected chi connectivity index (χ3v) is 4.63. The van der Waals surface area contributed by atoms with E-state index in [0.717, 1.165) is 22.8 Å². The Kier molecular flexibility index (Phi) is 3.01. The number of hydrogen-bond donors (Lipinski definition) is 0. The van der Waals surface area contributed by atoms with Crippen LogP contribution >= 0.6 is 0 Å². The monoisotopic (exact) mass is 286 g/mol. The first-order valence-electron chi connectivity index (χ1n) is 7.02. The fraction of sp³-hybridized carbons (Fsp3) is 0.467. The summed E-state index contributed by atoms with van der Waals surface area (Å²) in [5.41, 5.74) is 1.46. The molecule has 0 unspecified atom stereocenters. The standard InChI is InChI=1S/C15H19BN2O3/c1-14(2)15(3,4)21-16(20-14)12-6-7-17-13-11(12)8-10(9-19)18(13)5/h6-9H,1-5H3. The molecule has 110 valence electrons. The fourth-order valence-corrected chi connectivity index (χ4v) is 2.55. The molecule has 6 heteroatoms. The molecule has 0 N–H and O–H groups in total. The van der Waals surface area contributed by atoms with Crippen LogP contribution in [0.3, 0.4) is 0 Å². The highest BCUT2D eigenvalue weighted by Gasteiger charge is 2.52. The molecule has 0 aromatic carbocycles. The van der Waals surface area contributed by atoms with Gasteiger partial charge in [-0.05, 0) is 45.3 Å². The maximum absolute atomic E-state index is 11.1. The first-order valence-corrected chi connectivity index (χ1v) is 7.02. The number of nitrogens with zero attached hydrogens (tertiary/aromatic N) is 2. The zero-order valence-corrected chi connectivity index (χ0v) is 13.0. The van der Waals surface area contributed by atoms with E-state index in [9.17, 15) is 4.79 Å². The van der Waals surface area contributed by atoms with Gasteiger partial charge in [0.25, 0.3) is 0 Å². The smallest absolute Gasteiger partial charge is 0.399 e. The van der Waals surface area contributed by atoms with Crippen molar-refractivity contribution in [2.75, 3.05) is 0 Å². The highest BCUT2D eigenvalue weighted by molar-refractivity contribution is 6.65. The molecule has 0 atom stereocenters. The highest BCUT2D eigenvalue weighted by atomic mass is 16.7. The Balaban J connectivity index is 2.12. The second kappa shape index (κ2) is 4.42. The van der Waals surface area contributed by atoms with Gasteiger partial charge < -0.3 is 13.9 Å². The average molecular weight is 286 g/mol. The number of pyridine rings is 1. The van der Waals surface area contributed by atoms with Crippen molar-refractivity contribution in [3.8, 4) is 0 Å². The topological polar surface area (TPSA) is 53.4 Å². The van der Waals surface area contributed by atoms with Crippen molar-refractivity contribution >= 4 is 29.9 Å². The van der Waals surface area contributed by atoms with Crippen LogP contribution in [-0.4, -0.2) is 34.2 Å². The first-order chi connectivity index (χ1) is 9.77. The summed E-state index contributed by atoms with van der Waals surface area (Å²) in [5.74, 6) is 0. The number of carbonyl (C=O) groups is 1. The van der Waals surface area contributed by atoms with Crippen LogP contribution in [-0.2, 0) is 16.4 Å². The summed E-state index contributed by atoms with van der Waals surface area (Å²) in [6.07, 6.45) is 2.55. The van der Waals surface area contributed by atoms with Gasteiger partial charge in [0, 0.05) is 18.6 Å². The van der Waals surface area contributed by atoms with Crippen LogP contribution < -0.4 is 5.46 Å². The van der Waals surface area contributed by atoms with E-state index < -0.39 is 18.3 Å². The van der Waals surface area contributed by atoms with E-state index in [1.165, 1.54) is 0 Å². The van der Waals surface area contributed by atoms with Crippen LogP contribution in [0.1, 0.15) is 38.2 Å². The van der Waals surface area contributed by atoms with E-state index in [1.54, 1.807) is 10.8 Å². The lowest BCUT2D eigenvalue weighted by Gasteiger charge is -2.32. The van der Waals surface area contributed by atoms with E-state index >= 15 is 0 Å². The zero-order chi connectivity index (χ0) is 15.4. The second-order valence-corrected chi connectivity index (χ2v) is 6.47. The Morgan fingerprint density at radius 1 is 1.24 bits per heavy atom. The van der Waals surface area contributed by atoms with Crippen LogP contribution in [0.15, 0.2) is 18.3 Å². The van der Waals surface area contributed by atoms with Crippen LogP contribution in [0.25, 0.3) is 11.0 Å². The quantitative estimate of drug-likeness (QED) is 0.622. The van der Waals surface area contributed by atoms with Crippen molar-refractivity contribution in [2.24, 2.45) is 7.05 Å². The SMILES string of the molecule is Cn1c(C=O)cc2c(B3OC(C)(C)C(C)(C)O3)ccnc21. The summed E-state index contributed by atoms with van der Waals surface area (Å²) in [7, 11) is 1.37. The molecule has 0 amide bonds. The Labute approximate surface area is 124 Å². The van der Waals surface area contributed by atoms with Crippen molar-refractivity contribution in [1.82, 2.24) is 9.55 Å². The van der Waals surface area contributed by atoms with Gasteiger partial charge in [-0.3, -0.25) is 4.79 Å². The van der Waals surface area contributed by atoms with E-state index in [0.29, 0.717) is 5.69 Å². The third kappa shape index (κ3) is 2.01. The molecule has 0 bridgehead atoms. The lowest BCUT2D eigenvalue weighted by molar-refractivity contribution is 0.00578. The molecule has 2 aromatic rings. The van der Waals surface area contributed by atoms with Gasteiger partial charge in [-0.25, -0.2) is 4.98 Å². The number of fused-ring (bicyclic) bond motifs is 1. The summed E-state index contributed by atoms with van der Waals surface area (Å²) < 4.78 is 14.0. The fourth-order valence-electron chi connectivity index (χ4n) is 2.55. The second-order valence-electron chi connectivity index (χ2n) is 6.47. The van der Waals surface area contributed by atoms with E-state index in [2.05, 4.69) is 4.98 Å². The normalized spacial score (nSPS) is 20.1. The molecule has 2 aromatic heterocycles. The highest BCUT2D eigenvalue weighted by Crippen LogP contribution is 2.37. The van der Waals surface area contributed by atoms with Gasteiger partial charge in [0.1, 0.15) is 5.65 Å². The minimum Gasteiger partial charge on any atom is -0.399 e. The number of aldehydes is 1. The minimum atomic E-state index is -0.456. The maximum Gasteiger partial charge on any atom is 0.495 e. The van der Waals surface area contributed by atoms with Gasteiger partial charge in [-0.15, -0.1) is 0 Å². The van der Waals surface area contributed by atoms with Crippen molar-refractivity contribution in [3.63, 3.8) is 0 Å². The van der Waals surface area contributed by atoms with E-state index in [4.69, 9.17) is 9.31 Å². The number of aromatic nitrogens is 2. The molecule has 1 aliphatic heterocycles. The average Bonchev–Trinajstić information content (AvgIpc) is 2.84. The summed E-state index contributed by atoms with van der Waals surface area (Å²) >= 11 is 0. The van der Waals surface area contributed by atoms with Gasteiger partial charge in [0.05, 0.1) is 16.9 Å². The van der Waals surface area contributed by atoms with Gasteiger partial charge >= 0.3 is 7.12 Å². The Hall–Kier alpha value is -1.66. The molecular formula is C15H19BN2O3. The number of carbonyl (C=O) groups excluding carboxylic acids is 1. The largest absolute Gasteiger partial charge is 0.495 e. The predicted octanol–water partition coefficient (Wildman–Crippen LogP) is 1.68. The number of rotatable bonds is 2. The third-order valence-electron chi connectivity index (χ3n) is 4.63. The van der Waals surface area contributed by atoms with Crippen LogP contribution in [0.4, 0.5) is 0 Å². The maximum atomic E-state index is 11.1. The Morgan fingerprint density at radius 2 is 1.86 bits per heavy atom. The number of aryl methyl sites for hydroxylation is 1. The zero-order valence-electron chi connectivity index (χ0n) is 13.0. The van der Waals surface area contributed by atoms with Crippen molar-refractivity contribution < 1.29 is 14.1 Å². The van der Waals surface area contributed by atoms with E-state index in [1.807, 2.05) is 46.9 Å². The lowest BCUT2D eigenvalue weighted by atomic mass is 9.78. The Morgan fingerprint density at radius 3 is 2.43 bits per heavy atom. The molecule has 1 aliphatic rings. The molecule has 5 nitrogen and oxygen atoms in total. The number of hydrogen-bond acceptors (Lipinski definition) is 4. The van der Waals surface area contributed by atoms with Crippen molar-refractivity contribution in [1.29, 1.82) is 0 Å². The molecule has 0 radical (unpaired) electrons. The summed E-state index contributed by atoms with van der Waals surface area (Å²) in [5, 5.41) is 0.889. The summed E-state index contributed by atoms with van der Waals surface area (Å²) in [6.45, 7) is 8.08. The van der Waals surface area contributed by atoms with Gasteiger partial charge in [-0.2, -0.15) is 0 Å². The Bertz CT molecular complexity index is 705. The molecule has 0 saturated carbocycles. The molecule has 3 heterocycles. The first kappa shape index (κ1) is 14.3. The van der Waals surface area contributed by atoms with Crippen LogP contribution in [0.5, 0.6) is 0 Å². The molecular weight excluding hydrogens is 267 g/mol. The molecule has 1 saturated heterocycles. The summed E-state index contributed by atoms with van der Waals surface area (Å²) in [6, 6.07) is 3.72. The van der Waals surface area contributed by atoms with Gasteiger partial charge in [0.15, 0.2) is 6.29 Å². The molecule has 21 heavy (non-hydrogen) atoms. The van der Waals surface area contributed by atoms with Crippen LogP contribution in [0.2, 0.25) is 0 Å². The van der Waals surface area contributed by atoms with E-state index in [-0.39, 0.29) is 0 Å². The van der Waals surface area contributed by atoms with Gasteiger partial charge in [0.2, 0.25) is 0 Å².